The molecule has 0 spiro atoms. The molecule has 2 heterocycles. The normalized spacial score (nSPS) is 14.4. The Morgan fingerprint density at radius 3 is 2.54 bits per heavy atom. The average Bonchev–Trinajstić information content (AvgIpc) is 3.13. The van der Waals surface area contributed by atoms with Gasteiger partial charge in [0.2, 0.25) is 0 Å². The van der Waals surface area contributed by atoms with Crippen LogP contribution in [0.3, 0.4) is 0 Å². The van der Waals surface area contributed by atoms with E-state index in [1.54, 1.807) is 29.2 Å². The molecular weight excluding hydrogens is 332 g/mol. The highest BCUT2D eigenvalue weighted by atomic mass is 16.5. The van der Waals surface area contributed by atoms with E-state index in [0.717, 1.165) is 10.9 Å². The highest BCUT2D eigenvalue weighted by Crippen LogP contribution is 2.18. The summed E-state index contributed by atoms with van der Waals surface area (Å²) in [5, 5.41) is 10.5. The van der Waals surface area contributed by atoms with Crippen molar-refractivity contribution < 1.29 is 14.3 Å². The molecule has 26 heavy (non-hydrogen) atoms. The molecule has 0 radical (unpaired) electrons. The second kappa shape index (κ2) is 6.97. The number of hydrogen-bond donors (Lipinski definition) is 2. The van der Waals surface area contributed by atoms with E-state index >= 15 is 0 Å². The van der Waals surface area contributed by atoms with Gasteiger partial charge in [0.25, 0.3) is 11.8 Å². The number of para-hydroxylation sites is 1. The number of carbonyl (C=O) groups is 2. The van der Waals surface area contributed by atoms with Gasteiger partial charge in [-0.15, -0.1) is 0 Å². The van der Waals surface area contributed by atoms with E-state index < -0.39 is 0 Å². The molecule has 0 unspecified atom stereocenters. The fraction of sp³-hybridized carbons (Fsp3) is 0.211. The van der Waals surface area contributed by atoms with Crippen LogP contribution in [-0.4, -0.2) is 53.2 Å². The quantitative estimate of drug-likeness (QED) is 0.759. The van der Waals surface area contributed by atoms with Crippen molar-refractivity contribution in [1.82, 2.24) is 15.1 Å². The predicted molar refractivity (Wildman–Crippen MR) is 97.2 cm³/mol. The predicted octanol–water partition coefficient (Wildman–Crippen LogP) is 2.29. The minimum atomic E-state index is -0.297. The first kappa shape index (κ1) is 16.3. The Kier molecular flexibility index (Phi) is 4.37. The van der Waals surface area contributed by atoms with E-state index in [2.05, 4.69) is 15.5 Å². The van der Waals surface area contributed by atoms with Crippen molar-refractivity contribution in [2.45, 2.75) is 0 Å². The number of anilines is 1. The molecule has 0 aliphatic carbocycles. The number of hydrogen-bond acceptors (Lipinski definition) is 4. The molecule has 132 valence electrons. The minimum Gasteiger partial charge on any atom is -0.378 e. The molecule has 0 saturated carbocycles. The zero-order chi connectivity index (χ0) is 17.9. The van der Waals surface area contributed by atoms with Crippen LogP contribution in [0.4, 0.5) is 5.69 Å². The van der Waals surface area contributed by atoms with Crippen LogP contribution in [0, 0.1) is 0 Å². The summed E-state index contributed by atoms with van der Waals surface area (Å²) in [6.45, 7) is 2.34. The van der Waals surface area contributed by atoms with Gasteiger partial charge in [-0.25, -0.2) is 0 Å². The largest absolute Gasteiger partial charge is 0.378 e. The molecule has 1 aliphatic heterocycles. The number of benzene rings is 2. The first-order chi connectivity index (χ1) is 12.7. The standard InChI is InChI=1S/C19H18N4O3/c24-18(17-15-3-1-2-4-16(15)21-22-17)20-14-7-5-13(6-8-14)19(25)23-9-11-26-12-10-23/h1-8H,9-12H2,(H,20,24)(H,21,22). The number of nitrogens with zero attached hydrogens (tertiary/aromatic N) is 2. The Bertz CT molecular complexity index is 943. The number of fused-ring (bicyclic) bond motifs is 1. The van der Waals surface area contributed by atoms with Gasteiger partial charge in [0.15, 0.2) is 5.69 Å². The number of morpholine rings is 1. The monoisotopic (exact) mass is 350 g/mol. The molecule has 1 fully saturated rings. The smallest absolute Gasteiger partial charge is 0.276 e. The second-order valence-corrected chi connectivity index (χ2v) is 6.05. The zero-order valence-electron chi connectivity index (χ0n) is 14.1. The molecular formula is C19H18N4O3. The molecule has 2 N–H and O–H groups in total. The lowest BCUT2D eigenvalue weighted by atomic mass is 10.1. The summed E-state index contributed by atoms with van der Waals surface area (Å²) < 4.78 is 5.26. The summed E-state index contributed by atoms with van der Waals surface area (Å²) in [7, 11) is 0. The third-order valence-electron chi connectivity index (χ3n) is 4.37. The van der Waals surface area contributed by atoms with Crippen LogP contribution in [0.2, 0.25) is 0 Å². The highest BCUT2D eigenvalue weighted by molar-refractivity contribution is 6.11. The van der Waals surface area contributed by atoms with Crippen LogP contribution in [-0.2, 0) is 4.74 Å². The Hall–Kier alpha value is -3.19. The van der Waals surface area contributed by atoms with Gasteiger partial charge in [-0.3, -0.25) is 14.7 Å². The molecule has 1 saturated heterocycles. The minimum absolute atomic E-state index is 0.0236. The first-order valence-electron chi connectivity index (χ1n) is 8.44. The molecule has 0 atom stereocenters. The average molecular weight is 350 g/mol. The van der Waals surface area contributed by atoms with Gasteiger partial charge >= 0.3 is 0 Å². The molecule has 3 aromatic rings. The van der Waals surface area contributed by atoms with Crippen LogP contribution < -0.4 is 5.32 Å². The van der Waals surface area contributed by atoms with E-state index in [1.807, 2.05) is 24.3 Å². The number of carbonyl (C=O) groups excluding carboxylic acids is 2. The molecule has 2 aromatic carbocycles. The summed E-state index contributed by atoms with van der Waals surface area (Å²) in [4.78, 5) is 26.7. The maximum Gasteiger partial charge on any atom is 0.276 e. The van der Waals surface area contributed by atoms with Crippen molar-refractivity contribution in [2.24, 2.45) is 0 Å². The van der Waals surface area contributed by atoms with Crippen molar-refractivity contribution in [3.05, 3.63) is 59.8 Å². The number of ether oxygens (including phenoxy) is 1. The Morgan fingerprint density at radius 1 is 1.04 bits per heavy atom. The van der Waals surface area contributed by atoms with Gasteiger partial charge in [0, 0.05) is 29.7 Å². The summed E-state index contributed by atoms with van der Waals surface area (Å²) >= 11 is 0. The van der Waals surface area contributed by atoms with Crippen molar-refractivity contribution in [1.29, 1.82) is 0 Å². The number of rotatable bonds is 3. The van der Waals surface area contributed by atoms with E-state index in [-0.39, 0.29) is 11.8 Å². The summed E-state index contributed by atoms with van der Waals surface area (Å²) in [6, 6.07) is 14.3. The van der Waals surface area contributed by atoms with Gasteiger partial charge in [0.05, 0.1) is 18.7 Å². The van der Waals surface area contributed by atoms with Gasteiger partial charge in [-0.05, 0) is 30.3 Å². The summed E-state index contributed by atoms with van der Waals surface area (Å²) in [5.41, 5.74) is 2.36. The lowest BCUT2D eigenvalue weighted by Crippen LogP contribution is -2.40. The molecule has 1 aliphatic rings. The van der Waals surface area contributed by atoms with Gasteiger partial charge < -0.3 is 15.0 Å². The topological polar surface area (TPSA) is 87.3 Å². The Morgan fingerprint density at radius 2 is 1.77 bits per heavy atom. The molecule has 4 rings (SSSR count). The first-order valence-corrected chi connectivity index (χ1v) is 8.44. The fourth-order valence-electron chi connectivity index (χ4n) is 2.97. The van der Waals surface area contributed by atoms with Crippen molar-refractivity contribution in [2.75, 3.05) is 31.6 Å². The maximum absolute atomic E-state index is 12.5. The molecule has 7 nitrogen and oxygen atoms in total. The van der Waals surface area contributed by atoms with Crippen molar-refractivity contribution in [3.63, 3.8) is 0 Å². The molecule has 1 aromatic heterocycles. The van der Waals surface area contributed by atoms with Crippen molar-refractivity contribution in [3.8, 4) is 0 Å². The number of H-pyrrole nitrogens is 1. The fourth-order valence-corrected chi connectivity index (χ4v) is 2.97. The number of amides is 2. The van der Waals surface area contributed by atoms with E-state index in [0.29, 0.717) is 43.2 Å². The van der Waals surface area contributed by atoms with Crippen LogP contribution in [0.1, 0.15) is 20.8 Å². The molecule has 7 heteroatoms. The lowest BCUT2D eigenvalue weighted by Gasteiger charge is -2.26. The number of aromatic nitrogens is 2. The van der Waals surface area contributed by atoms with E-state index in [1.165, 1.54) is 0 Å². The van der Waals surface area contributed by atoms with E-state index in [4.69, 9.17) is 4.74 Å². The summed E-state index contributed by atoms with van der Waals surface area (Å²) in [6.07, 6.45) is 0. The Labute approximate surface area is 149 Å². The van der Waals surface area contributed by atoms with Gasteiger partial charge in [-0.2, -0.15) is 5.10 Å². The SMILES string of the molecule is O=C(Nc1ccc(C(=O)N2CCOCC2)cc1)c1n[nH]c2ccccc12. The van der Waals surface area contributed by atoms with Gasteiger partial charge in [-0.1, -0.05) is 18.2 Å². The second-order valence-electron chi connectivity index (χ2n) is 6.05. The van der Waals surface area contributed by atoms with Crippen molar-refractivity contribution >= 4 is 28.4 Å². The van der Waals surface area contributed by atoms with Crippen LogP contribution in [0.15, 0.2) is 48.5 Å². The third-order valence-corrected chi connectivity index (χ3v) is 4.37. The highest BCUT2D eigenvalue weighted by Gasteiger charge is 2.19. The molecule has 0 bridgehead atoms. The number of aromatic amines is 1. The van der Waals surface area contributed by atoms with Gasteiger partial charge in [0.1, 0.15) is 0 Å². The maximum atomic E-state index is 12.5. The van der Waals surface area contributed by atoms with Crippen LogP contribution in [0.5, 0.6) is 0 Å². The molecule has 2 amide bonds. The number of nitrogens with one attached hydrogen (secondary N) is 2. The van der Waals surface area contributed by atoms with Crippen LogP contribution >= 0.6 is 0 Å². The summed E-state index contributed by atoms with van der Waals surface area (Å²) in [5.74, 6) is -0.320. The third kappa shape index (κ3) is 3.16. The Balaban J connectivity index is 1.47. The zero-order valence-corrected chi connectivity index (χ0v) is 14.1. The van der Waals surface area contributed by atoms with E-state index in [9.17, 15) is 9.59 Å². The van der Waals surface area contributed by atoms with Crippen LogP contribution in [0.25, 0.3) is 10.9 Å². The lowest BCUT2D eigenvalue weighted by molar-refractivity contribution is 0.0303.